The highest BCUT2D eigenvalue weighted by atomic mass is 79.9. The Hall–Kier alpha value is -1.48. The van der Waals surface area contributed by atoms with Crippen molar-refractivity contribution in [3.8, 4) is 11.1 Å². The van der Waals surface area contributed by atoms with Gasteiger partial charge in [0.25, 0.3) is 0 Å². The summed E-state index contributed by atoms with van der Waals surface area (Å²) in [7, 11) is 0. The Morgan fingerprint density at radius 3 is 2.56 bits per heavy atom. The summed E-state index contributed by atoms with van der Waals surface area (Å²) in [6.45, 7) is 0. The van der Waals surface area contributed by atoms with Gasteiger partial charge in [0.05, 0.1) is 4.47 Å². The van der Waals surface area contributed by atoms with Gasteiger partial charge in [-0.15, -0.1) is 0 Å². The van der Waals surface area contributed by atoms with Gasteiger partial charge < -0.3 is 0 Å². The molecule has 0 amide bonds. The average Bonchev–Trinajstić information content (AvgIpc) is 2.32. The smallest absolute Gasteiger partial charge is 0.150 e. The number of aldehydes is 1. The van der Waals surface area contributed by atoms with Crippen LogP contribution in [0.25, 0.3) is 11.1 Å². The zero-order valence-corrected chi connectivity index (χ0v) is 9.87. The first kappa shape index (κ1) is 11.0. The van der Waals surface area contributed by atoms with E-state index in [-0.39, 0.29) is 5.82 Å². The summed E-state index contributed by atoms with van der Waals surface area (Å²) in [5.74, 6) is -0.313. The first-order chi connectivity index (χ1) is 7.72. The molecule has 0 heterocycles. The maximum absolute atomic E-state index is 13.1. The molecule has 0 saturated heterocycles. The maximum atomic E-state index is 13.1. The standard InChI is InChI=1S/C13H8BrFO/c14-12-7-9(5-6-13(12)15)11-4-2-1-3-10(11)8-16/h1-8H. The van der Waals surface area contributed by atoms with Crippen LogP contribution < -0.4 is 0 Å². The number of halogens is 2. The van der Waals surface area contributed by atoms with Crippen molar-refractivity contribution in [3.63, 3.8) is 0 Å². The van der Waals surface area contributed by atoms with Gasteiger partial charge in [0.15, 0.2) is 6.29 Å². The molecule has 0 fully saturated rings. The van der Waals surface area contributed by atoms with Crippen molar-refractivity contribution in [2.75, 3.05) is 0 Å². The van der Waals surface area contributed by atoms with E-state index in [9.17, 15) is 9.18 Å². The molecule has 80 valence electrons. The van der Waals surface area contributed by atoms with E-state index in [1.807, 2.05) is 12.1 Å². The highest BCUT2D eigenvalue weighted by Crippen LogP contribution is 2.27. The quantitative estimate of drug-likeness (QED) is 0.757. The lowest BCUT2D eigenvalue weighted by atomic mass is 10.0. The van der Waals surface area contributed by atoms with Crippen LogP contribution in [0.15, 0.2) is 46.9 Å². The van der Waals surface area contributed by atoms with Gasteiger partial charge in [0.1, 0.15) is 5.82 Å². The van der Waals surface area contributed by atoms with E-state index in [2.05, 4.69) is 15.9 Å². The van der Waals surface area contributed by atoms with Gasteiger partial charge in [-0.25, -0.2) is 4.39 Å². The van der Waals surface area contributed by atoms with Crippen LogP contribution in [0.1, 0.15) is 10.4 Å². The van der Waals surface area contributed by atoms with Crippen LogP contribution in [-0.4, -0.2) is 6.29 Å². The minimum Gasteiger partial charge on any atom is -0.298 e. The third-order valence-electron chi connectivity index (χ3n) is 2.32. The maximum Gasteiger partial charge on any atom is 0.150 e. The second-order valence-electron chi connectivity index (χ2n) is 3.33. The van der Waals surface area contributed by atoms with E-state index >= 15 is 0 Å². The summed E-state index contributed by atoms with van der Waals surface area (Å²) in [5, 5.41) is 0. The fourth-order valence-corrected chi connectivity index (χ4v) is 1.91. The molecule has 0 saturated carbocycles. The van der Waals surface area contributed by atoms with Crippen LogP contribution in [0.4, 0.5) is 4.39 Å². The molecular formula is C13H8BrFO. The van der Waals surface area contributed by atoms with Crippen molar-refractivity contribution in [1.29, 1.82) is 0 Å². The van der Waals surface area contributed by atoms with Crippen LogP contribution in [0.2, 0.25) is 0 Å². The van der Waals surface area contributed by atoms with E-state index < -0.39 is 0 Å². The highest BCUT2D eigenvalue weighted by molar-refractivity contribution is 9.10. The number of hydrogen-bond acceptors (Lipinski definition) is 1. The molecular weight excluding hydrogens is 271 g/mol. The molecule has 2 aromatic carbocycles. The second kappa shape index (κ2) is 4.58. The van der Waals surface area contributed by atoms with E-state index in [4.69, 9.17) is 0 Å². The Bertz CT molecular complexity index is 537. The van der Waals surface area contributed by atoms with Crippen molar-refractivity contribution >= 4 is 22.2 Å². The number of benzene rings is 2. The zero-order chi connectivity index (χ0) is 11.5. The largest absolute Gasteiger partial charge is 0.298 e. The third kappa shape index (κ3) is 2.04. The second-order valence-corrected chi connectivity index (χ2v) is 4.19. The molecule has 2 rings (SSSR count). The number of carbonyl (C=O) groups excluding carboxylic acids is 1. The Kier molecular flexibility index (Phi) is 3.15. The van der Waals surface area contributed by atoms with Gasteiger partial charge >= 0.3 is 0 Å². The van der Waals surface area contributed by atoms with E-state index in [1.54, 1.807) is 24.3 Å². The van der Waals surface area contributed by atoms with Crippen molar-refractivity contribution in [3.05, 3.63) is 58.3 Å². The minimum absolute atomic E-state index is 0.313. The molecule has 0 atom stereocenters. The lowest BCUT2D eigenvalue weighted by Gasteiger charge is -2.05. The first-order valence-electron chi connectivity index (χ1n) is 4.72. The molecule has 0 N–H and O–H groups in total. The van der Waals surface area contributed by atoms with Crippen molar-refractivity contribution in [2.45, 2.75) is 0 Å². The summed E-state index contributed by atoms with van der Waals surface area (Å²) >= 11 is 3.13. The summed E-state index contributed by atoms with van der Waals surface area (Å²) in [4.78, 5) is 10.9. The zero-order valence-electron chi connectivity index (χ0n) is 8.28. The van der Waals surface area contributed by atoms with Crippen molar-refractivity contribution in [2.24, 2.45) is 0 Å². The molecule has 1 nitrogen and oxygen atoms in total. The predicted octanol–water partition coefficient (Wildman–Crippen LogP) is 4.07. The fourth-order valence-electron chi connectivity index (χ4n) is 1.53. The van der Waals surface area contributed by atoms with Crippen LogP contribution in [0.3, 0.4) is 0 Å². The van der Waals surface area contributed by atoms with Crippen molar-refractivity contribution in [1.82, 2.24) is 0 Å². The lowest BCUT2D eigenvalue weighted by molar-refractivity contribution is 0.112. The Balaban J connectivity index is 2.58. The van der Waals surface area contributed by atoms with Gasteiger partial charge in [-0.2, -0.15) is 0 Å². The molecule has 16 heavy (non-hydrogen) atoms. The van der Waals surface area contributed by atoms with E-state index in [0.29, 0.717) is 10.0 Å². The van der Waals surface area contributed by atoms with Crippen LogP contribution in [-0.2, 0) is 0 Å². The molecule has 2 aromatic rings. The highest BCUT2D eigenvalue weighted by Gasteiger charge is 2.06. The normalized spacial score (nSPS) is 10.1. The predicted molar refractivity (Wildman–Crippen MR) is 64.9 cm³/mol. The van der Waals surface area contributed by atoms with Crippen LogP contribution in [0, 0.1) is 5.82 Å². The molecule has 0 spiro atoms. The topological polar surface area (TPSA) is 17.1 Å². The summed E-state index contributed by atoms with van der Waals surface area (Å²) in [6.07, 6.45) is 0.798. The van der Waals surface area contributed by atoms with Gasteiger partial charge in [0, 0.05) is 5.56 Å². The number of carbonyl (C=O) groups is 1. The molecule has 0 unspecified atom stereocenters. The Labute approximate surface area is 101 Å². The van der Waals surface area contributed by atoms with E-state index in [1.165, 1.54) is 6.07 Å². The lowest BCUT2D eigenvalue weighted by Crippen LogP contribution is -1.87. The molecule has 0 bridgehead atoms. The molecule has 3 heteroatoms. The van der Waals surface area contributed by atoms with E-state index in [0.717, 1.165) is 17.4 Å². The molecule has 0 aliphatic carbocycles. The van der Waals surface area contributed by atoms with Gasteiger partial charge in [-0.05, 0) is 39.2 Å². The SMILES string of the molecule is O=Cc1ccccc1-c1ccc(F)c(Br)c1. The monoisotopic (exact) mass is 278 g/mol. The summed E-state index contributed by atoms with van der Waals surface area (Å²) < 4.78 is 13.5. The summed E-state index contributed by atoms with van der Waals surface area (Å²) in [5.41, 5.74) is 2.22. The van der Waals surface area contributed by atoms with Gasteiger partial charge in [0.2, 0.25) is 0 Å². The Morgan fingerprint density at radius 1 is 1.12 bits per heavy atom. The van der Waals surface area contributed by atoms with Crippen LogP contribution >= 0.6 is 15.9 Å². The first-order valence-corrected chi connectivity index (χ1v) is 5.51. The fraction of sp³-hybridized carbons (Fsp3) is 0. The van der Waals surface area contributed by atoms with Crippen LogP contribution in [0.5, 0.6) is 0 Å². The Morgan fingerprint density at radius 2 is 1.88 bits per heavy atom. The minimum atomic E-state index is -0.313. The van der Waals surface area contributed by atoms with Gasteiger partial charge in [-0.3, -0.25) is 4.79 Å². The average molecular weight is 279 g/mol. The molecule has 0 aliphatic heterocycles. The number of rotatable bonds is 2. The molecule has 0 aliphatic rings. The summed E-state index contributed by atoms with van der Waals surface area (Å²) in [6, 6.07) is 11.9. The number of hydrogen-bond donors (Lipinski definition) is 0. The van der Waals surface area contributed by atoms with Crippen molar-refractivity contribution < 1.29 is 9.18 Å². The molecule has 0 radical (unpaired) electrons. The molecule has 0 aromatic heterocycles. The third-order valence-corrected chi connectivity index (χ3v) is 2.93. The van der Waals surface area contributed by atoms with Gasteiger partial charge in [-0.1, -0.05) is 30.3 Å².